The van der Waals surface area contributed by atoms with Crippen LogP contribution in [0, 0.1) is 0 Å². The molecule has 0 heterocycles. The molecule has 0 aromatic rings. The average Bonchev–Trinajstić information content (AvgIpc) is 1.89. The summed E-state index contributed by atoms with van der Waals surface area (Å²) in [5.74, 6) is 0. The first-order valence-electron chi connectivity index (χ1n) is 2.96. The molecule has 0 saturated carbocycles. The molecule has 0 rings (SSSR count). The molecule has 0 spiro atoms. The molecule has 0 bridgehead atoms. The van der Waals surface area contributed by atoms with Crippen LogP contribution in [-0.2, 0) is 4.74 Å². The Morgan fingerprint density at radius 1 is 1.67 bits per heavy atom. The summed E-state index contributed by atoms with van der Waals surface area (Å²) in [5.41, 5.74) is 11.2. The molecular formula is C6H14N2O. The first-order valence-corrected chi connectivity index (χ1v) is 2.96. The molecule has 0 amide bonds. The molecule has 4 N–H and O–H groups in total. The molecule has 9 heavy (non-hydrogen) atoms. The first-order chi connectivity index (χ1) is 4.31. The Kier molecular flexibility index (Phi) is 5.01. The summed E-state index contributed by atoms with van der Waals surface area (Å²) in [5, 5.41) is 0. The van der Waals surface area contributed by atoms with Crippen LogP contribution < -0.4 is 11.5 Å². The number of methoxy groups -OCH3 is 1. The summed E-state index contributed by atoms with van der Waals surface area (Å²) in [6, 6.07) is 0. The third-order valence-electron chi connectivity index (χ3n) is 1.03. The minimum atomic E-state index is 0.729. The molecule has 0 atom stereocenters. The van der Waals surface area contributed by atoms with Crippen LogP contribution in [0.2, 0.25) is 0 Å². The Labute approximate surface area is 55.7 Å². The maximum atomic E-state index is 5.39. The van der Waals surface area contributed by atoms with Gasteiger partial charge in [0.25, 0.3) is 0 Å². The van der Waals surface area contributed by atoms with E-state index in [2.05, 4.69) is 0 Å². The number of hydrogen-bond acceptors (Lipinski definition) is 3. The minimum absolute atomic E-state index is 0.729. The van der Waals surface area contributed by atoms with E-state index in [9.17, 15) is 0 Å². The fourth-order valence-electron chi connectivity index (χ4n) is 0.504. The van der Waals surface area contributed by atoms with Gasteiger partial charge in [-0.3, -0.25) is 0 Å². The van der Waals surface area contributed by atoms with Gasteiger partial charge in [-0.2, -0.15) is 0 Å². The van der Waals surface area contributed by atoms with E-state index < -0.39 is 0 Å². The van der Waals surface area contributed by atoms with Crippen molar-refractivity contribution in [2.75, 3.05) is 13.7 Å². The maximum absolute atomic E-state index is 5.39. The molecular weight excluding hydrogens is 116 g/mol. The Hall–Kier alpha value is -0.700. The molecule has 0 unspecified atom stereocenters. The summed E-state index contributed by atoms with van der Waals surface area (Å²) >= 11 is 0. The van der Waals surface area contributed by atoms with Crippen LogP contribution in [-0.4, -0.2) is 13.7 Å². The quantitative estimate of drug-likeness (QED) is 0.533. The normalized spacial score (nSPS) is 11.9. The van der Waals surface area contributed by atoms with Crippen LogP contribution in [0.1, 0.15) is 12.8 Å². The SMILES string of the molecule is COCCC/C(N)=C/N. The smallest absolute Gasteiger partial charge is 0.0465 e. The topological polar surface area (TPSA) is 61.3 Å². The van der Waals surface area contributed by atoms with Crippen molar-refractivity contribution in [2.24, 2.45) is 11.5 Å². The first kappa shape index (κ1) is 8.30. The maximum Gasteiger partial charge on any atom is 0.0465 e. The highest BCUT2D eigenvalue weighted by molar-refractivity contribution is 4.92. The van der Waals surface area contributed by atoms with Crippen molar-refractivity contribution < 1.29 is 4.74 Å². The molecule has 0 aromatic heterocycles. The van der Waals surface area contributed by atoms with Crippen LogP contribution in [0.15, 0.2) is 11.9 Å². The van der Waals surface area contributed by atoms with Gasteiger partial charge in [-0.1, -0.05) is 0 Å². The second kappa shape index (κ2) is 5.44. The Morgan fingerprint density at radius 2 is 2.33 bits per heavy atom. The van der Waals surface area contributed by atoms with E-state index in [1.807, 2.05) is 0 Å². The van der Waals surface area contributed by atoms with Crippen LogP contribution in [0.3, 0.4) is 0 Å². The van der Waals surface area contributed by atoms with Gasteiger partial charge >= 0.3 is 0 Å². The molecule has 0 radical (unpaired) electrons. The van der Waals surface area contributed by atoms with E-state index in [0.717, 1.165) is 25.1 Å². The monoisotopic (exact) mass is 130 g/mol. The lowest BCUT2D eigenvalue weighted by atomic mass is 10.3. The average molecular weight is 130 g/mol. The Balaban J connectivity index is 3.07. The molecule has 0 saturated heterocycles. The molecule has 0 aliphatic carbocycles. The zero-order valence-electron chi connectivity index (χ0n) is 5.76. The van der Waals surface area contributed by atoms with E-state index in [1.165, 1.54) is 6.20 Å². The standard InChI is InChI=1S/C6H14N2O/c1-9-4-2-3-6(8)5-7/h5H,2-4,7-8H2,1H3/b6-5-. The second-order valence-electron chi connectivity index (χ2n) is 1.84. The lowest BCUT2D eigenvalue weighted by Gasteiger charge is -1.97. The number of allylic oxidation sites excluding steroid dienone is 1. The molecule has 54 valence electrons. The number of hydrogen-bond donors (Lipinski definition) is 2. The lowest BCUT2D eigenvalue weighted by molar-refractivity contribution is 0.195. The van der Waals surface area contributed by atoms with Crippen LogP contribution in [0.25, 0.3) is 0 Å². The number of ether oxygens (including phenoxy) is 1. The number of nitrogens with two attached hydrogens (primary N) is 2. The molecule has 0 aliphatic rings. The van der Waals surface area contributed by atoms with Crippen LogP contribution in [0.5, 0.6) is 0 Å². The summed E-state index contributed by atoms with van der Waals surface area (Å²) < 4.78 is 4.81. The number of rotatable bonds is 4. The largest absolute Gasteiger partial charge is 0.403 e. The van der Waals surface area contributed by atoms with Crippen LogP contribution in [0.4, 0.5) is 0 Å². The van der Waals surface area contributed by atoms with Gasteiger partial charge in [0.2, 0.25) is 0 Å². The van der Waals surface area contributed by atoms with E-state index in [4.69, 9.17) is 16.2 Å². The van der Waals surface area contributed by atoms with E-state index in [-0.39, 0.29) is 0 Å². The van der Waals surface area contributed by atoms with Crippen molar-refractivity contribution >= 4 is 0 Å². The summed E-state index contributed by atoms with van der Waals surface area (Å²) in [7, 11) is 1.67. The van der Waals surface area contributed by atoms with Gasteiger partial charge in [0.05, 0.1) is 0 Å². The van der Waals surface area contributed by atoms with Gasteiger partial charge in [-0.25, -0.2) is 0 Å². The van der Waals surface area contributed by atoms with Crippen molar-refractivity contribution in [3.05, 3.63) is 11.9 Å². The van der Waals surface area contributed by atoms with Crippen molar-refractivity contribution in [1.82, 2.24) is 0 Å². The van der Waals surface area contributed by atoms with Crippen LogP contribution >= 0.6 is 0 Å². The van der Waals surface area contributed by atoms with Crippen molar-refractivity contribution in [1.29, 1.82) is 0 Å². The van der Waals surface area contributed by atoms with E-state index in [0.29, 0.717) is 0 Å². The third-order valence-corrected chi connectivity index (χ3v) is 1.03. The molecule has 0 aliphatic heterocycles. The van der Waals surface area contributed by atoms with Gasteiger partial charge in [0.15, 0.2) is 0 Å². The fourth-order valence-corrected chi connectivity index (χ4v) is 0.504. The highest BCUT2D eigenvalue weighted by atomic mass is 16.5. The summed E-state index contributed by atoms with van der Waals surface area (Å²) in [4.78, 5) is 0. The molecule has 0 aromatic carbocycles. The van der Waals surface area contributed by atoms with Gasteiger partial charge < -0.3 is 16.2 Å². The Morgan fingerprint density at radius 3 is 2.78 bits per heavy atom. The second-order valence-corrected chi connectivity index (χ2v) is 1.84. The van der Waals surface area contributed by atoms with Gasteiger partial charge in [0, 0.05) is 25.6 Å². The van der Waals surface area contributed by atoms with Crippen molar-refractivity contribution in [2.45, 2.75) is 12.8 Å². The molecule has 0 fully saturated rings. The van der Waals surface area contributed by atoms with Gasteiger partial charge in [-0.15, -0.1) is 0 Å². The Bertz CT molecular complexity index is 91.1. The molecule has 3 nitrogen and oxygen atoms in total. The summed E-state index contributed by atoms with van der Waals surface area (Å²) in [6.45, 7) is 0.745. The lowest BCUT2D eigenvalue weighted by Crippen LogP contribution is -2.01. The molecule has 3 heteroatoms. The van der Waals surface area contributed by atoms with Gasteiger partial charge in [-0.05, 0) is 12.8 Å². The summed E-state index contributed by atoms with van der Waals surface area (Å²) in [6.07, 6.45) is 3.19. The minimum Gasteiger partial charge on any atom is -0.403 e. The highest BCUT2D eigenvalue weighted by Gasteiger charge is 1.87. The predicted molar refractivity (Wildman–Crippen MR) is 37.6 cm³/mol. The highest BCUT2D eigenvalue weighted by Crippen LogP contribution is 1.94. The predicted octanol–water partition coefficient (Wildman–Crippen LogP) is 0.172. The fraction of sp³-hybridized carbons (Fsp3) is 0.667. The third kappa shape index (κ3) is 5.17. The van der Waals surface area contributed by atoms with Crippen molar-refractivity contribution in [3.63, 3.8) is 0 Å². The zero-order valence-corrected chi connectivity index (χ0v) is 5.76. The van der Waals surface area contributed by atoms with Gasteiger partial charge in [0.1, 0.15) is 0 Å². The zero-order chi connectivity index (χ0) is 7.11. The van der Waals surface area contributed by atoms with Crippen molar-refractivity contribution in [3.8, 4) is 0 Å². The van der Waals surface area contributed by atoms with E-state index >= 15 is 0 Å². The van der Waals surface area contributed by atoms with E-state index in [1.54, 1.807) is 7.11 Å².